The van der Waals surface area contributed by atoms with Gasteiger partial charge in [-0.1, -0.05) is 72.4 Å². The highest BCUT2D eigenvalue weighted by Crippen LogP contribution is 2.35. The van der Waals surface area contributed by atoms with Crippen LogP contribution in [0.5, 0.6) is 5.75 Å². The highest BCUT2D eigenvalue weighted by molar-refractivity contribution is 7.86. The molecule has 2 aromatic rings. The summed E-state index contributed by atoms with van der Waals surface area (Å²) in [4.78, 5) is 0.855. The van der Waals surface area contributed by atoms with Crippen molar-refractivity contribution in [1.29, 1.82) is 0 Å². The van der Waals surface area contributed by atoms with E-state index in [1.54, 1.807) is 7.11 Å². The molecule has 0 radical (unpaired) electrons. The van der Waals surface area contributed by atoms with Crippen molar-refractivity contribution < 1.29 is 8.95 Å². The molecule has 0 saturated carbocycles. The zero-order valence-electron chi connectivity index (χ0n) is 15.4. The van der Waals surface area contributed by atoms with E-state index >= 15 is 0 Å². The van der Waals surface area contributed by atoms with Crippen LogP contribution >= 0.6 is 0 Å². The maximum Gasteiger partial charge on any atom is 0.126 e. The van der Waals surface area contributed by atoms with Crippen molar-refractivity contribution >= 4 is 16.9 Å². The van der Waals surface area contributed by atoms with Gasteiger partial charge in [-0.15, -0.1) is 0 Å². The minimum atomic E-state index is -1.16. The minimum Gasteiger partial charge on any atom is -0.496 e. The number of para-hydroxylation sites is 1. The summed E-state index contributed by atoms with van der Waals surface area (Å²) in [6.07, 6.45) is 12.3. The van der Waals surface area contributed by atoms with E-state index in [-0.39, 0.29) is 5.92 Å². The van der Waals surface area contributed by atoms with E-state index in [9.17, 15) is 4.21 Å². The molecule has 0 N–H and O–H groups in total. The molecule has 0 aliphatic heterocycles. The monoisotopic (exact) mass is 364 g/mol. The van der Waals surface area contributed by atoms with Crippen LogP contribution in [0.4, 0.5) is 0 Å². The average molecular weight is 365 g/mol. The van der Waals surface area contributed by atoms with Crippen LogP contribution in [0.1, 0.15) is 18.1 Å². The summed E-state index contributed by atoms with van der Waals surface area (Å²) < 4.78 is 18.3. The van der Waals surface area contributed by atoms with Crippen LogP contribution in [0.2, 0.25) is 0 Å². The molecule has 3 unspecified atom stereocenters. The van der Waals surface area contributed by atoms with Crippen molar-refractivity contribution in [3.8, 4) is 5.75 Å². The van der Waals surface area contributed by atoms with E-state index in [1.165, 1.54) is 5.56 Å². The largest absolute Gasteiger partial charge is 0.496 e. The summed E-state index contributed by atoms with van der Waals surface area (Å²) in [5.74, 6) is 0.861. The lowest BCUT2D eigenvalue weighted by Crippen LogP contribution is -2.36. The Hall–Kier alpha value is -2.39. The van der Waals surface area contributed by atoms with Gasteiger partial charge in [0.25, 0.3) is 0 Å². The number of benzene rings is 2. The van der Waals surface area contributed by atoms with Crippen molar-refractivity contribution in [3.05, 3.63) is 90.0 Å². The number of allylic oxidation sites excluding steroid dienone is 4. The molecule has 26 heavy (non-hydrogen) atoms. The van der Waals surface area contributed by atoms with Crippen LogP contribution in [0.15, 0.2) is 83.8 Å². The van der Waals surface area contributed by atoms with Crippen molar-refractivity contribution in [2.75, 3.05) is 7.11 Å². The van der Waals surface area contributed by atoms with Crippen molar-refractivity contribution in [2.45, 2.75) is 23.5 Å². The highest BCUT2D eigenvalue weighted by Gasteiger charge is 2.37. The smallest absolute Gasteiger partial charge is 0.126 e. The molecule has 1 aliphatic carbocycles. The SMILES string of the molecule is COc1ccccc1/C=C/C1C=CC=CC1(C)S(=O)c1ccc(C)cc1. The molecule has 2 nitrogen and oxygen atoms in total. The summed E-state index contributed by atoms with van der Waals surface area (Å²) in [5, 5.41) is 0. The van der Waals surface area contributed by atoms with Crippen LogP contribution < -0.4 is 4.74 Å². The molecule has 134 valence electrons. The topological polar surface area (TPSA) is 26.3 Å². The molecule has 3 atom stereocenters. The number of hydrogen-bond donors (Lipinski definition) is 0. The average Bonchev–Trinajstić information content (AvgIpc) is 2.67. The van der Waals surface area contributed by atoms with Gasteiger partial charge >= 0.3 is 0 Å². The number of hydrogen-bond acceptors (Lipinski definition) is 2. The van der Waals surface area contributed by atoms with Crippen LogP contribution in [0.3, 0.4) is 0 Å². The Morgan fingerprint density at radius 2 is 1.81 bits per heavy atom. The van der Waals surface area contributed by atoms with E-state index in [1.807, 2.05) is 67.6 Å². The molecule has 0 amide bonds. The Balaban J connectivity index is 1.91. The summed E-state index contributed by atoms with van der Waals surface area (Å²) in [6.45, 7) is 4.09. The van der Waals surface area contributed by atoms with Crippen LogP contribution in [-0.4, -0.2) is 16.1 Å². The number of ether oxygens (including phenoxy) is 1. The molecule has 0 heterocycles. The van der Waals surface area contributed by atoms with E-state index in [0.29, 0.717) is 0 Å². The third-order valence-electron chi connectivity index (χ3n) is 4.78. The zero-order valence-corrected chi connectivity index (χ0v) is 16.2. The summed E-state index contributed by atoms with van der Waals surface area (Å²) in [7, 11) is 0.514. The molecular formula is C23H24O2S. The summed E-state index contributed by atoms with van der Waals surface area (Å²) in [5.41, 5.74) is 2.18. The minimum absolute atomic E-state index is 0.0274. The maximum atomic E-state index is 13.3. The fourth-order valence-electron chi connectivity index (χ4n) is 3.10. The first kappa shape index (κ1) is 18.4. The van der Waals surface area contributed by atoms with Crippen LogP contribution in [0.25, 0.3) is 6.08 Å². The Morgan fingerprint density at radius 3 is 2.54 bits per heavy atom. The molecular weight excluding hydrogens is 340 g/mol. The fraction of sp³-hybridized carbons (Fsp3) is 0.217. The number of aryl methyl sites for hydroxylation is 1. The van der Waals surface area contributed by atoms with E-state index < -0.39 is 15.5 Å². The lowest BCUT2D eigenvalue weighted by Gasteiger charge is -2.32. The Morgan fingerprint density at radius 1 is 1.08 bits per heavy atom. The van der Waals surface area contributed by atoms with E-state index in [2.05, 4.69) is 31.2 Å². The second-order valence-electron chi connectivity index (χ2n) is 6.64. The Labute approximate surface area is 158 Å². The van der Waals surface area contributed by atoms with Gasteiger partial charge in [-0.2, -0.15) is 0 Å². The predicted molar refractivity (Wildman–Crippen MR) is 110 cm³/mol. The zero-order chi connectivity index (χ0) is 18.6. The van der Waals surface area contributed by atoms with Gasteiger partial charge in [0.15, 0.2) is 0 Å². The summed E-state index contributed by atoms with van der Waals surface area (Å²) in [6, 6.07) is 15.9. The fourth-order valence-corrected chi connectivity index (χ4v) is 4.60. The molecule has 0 aromatic heterocycles. The van der Waals surface area contributed by atoms with Crippen LogP contribution in [0, 0.1) is 12.8 Å². The van der Waals surface area contributed by atoms with Crippen molar-refractivity contribution in [1.82, 2.24) is 0 Å². The van der Waals surface area contributed by atoms with Crippen LogP contribution in [-0.2, 0) is 10.8 Å². The lowest BCUT2D eigenvalue weighted by atomic mass is 9.88. The quantitative estimate of drug-likeness (QED) is 0.717. The second kappa shape index (κ2) is 7.88. The van der Waals surface area contributed by atoms with Crippen molar-refractivity contribution in [2.24, 2.45) is 5.92 Å². The molecule has 2 aromatic carbocycles. The van der Waals surface area contributed by atoms with Gasteiger partial charge in [-0.05, 0) is 32.0 Å². The molecule has 0 spiro atoms. The predicted octanol–water partition coefficient (Wildman–Crippen LogP) is 5.33. The maximum absolute atomic E-state index is 13.3. The molecule has 0 fully saturated rings. The first-order valence-corrected chi connectivity index (χ1v) is 9.85. The third kappa shape index (κ3) is 3.73. The van der Waals surface area contributed by atoms with E-state index in [4.69, 9.17) is 4.74 Å². The number of methoxy groups -OCH3 is 1. The van der Waals surface area contributed by atoms with Gasteiger partial charge in [0.05, 0.1) is 22.7 Å². The first-order chi connectivity index (χ1) is 12.5. The molecule has 0 saturated heterocycles. The van der Waals surface area contributed by atoms with Gasteiger partial charge < -0.3 is 4.74 Å². The van der Waals surface area contributed by atoms with Gasteiger partial charge in [0.2, 0.25) is 0 Å². The Kier molecular flexibility index (Phi) is 5.58. The lowest BCUT2D eigenvalue weighted by molar-refractivity contribution is 0.414. The van der Waals surface area contributed by atoms with Gasteiger partial charge in [0.1, 0.15) is 5.75 Å². The standard InChI is InChI=1S/C23H24O2S/c1-18-11-15-21(16-12-18)26(24)23(2)17-7-6-9-20(23)14-13-19-8-4-5-10-22(19)25-3/h4-17,20H,1-3H3/b14-13+. The van der Waals surface area contributed by atoms with Gasteiger partial charge in [-0.25, -0.2) is 0 Å². The first-order valence-electron chi connectivity index (χ1n) is 8.70. The molecule has 3 rings (SSSR count). The Bertz CT molecular complexity index is 877. The molecule has 1 aliphatic rings. The van der Waals surface area contributed by atoms with Gasteiger partial charge in [-0.3, -0.25) is 4.21 Å². The van der Waals surface area contributed by atoms with E-state index in [0.717, 1.165) is 16.2 Å². The summed E-state index contributed by atoms with van der Waals surface area (Å²) >= 11 is 0. The van der Waals surface area contributed by atoms with Gasteiger partial charge in [0, 0.05) is 16.4 Å². The highest BCUT2D eigenvalue weighted by atomic mass is 32.2. The van der Waals surface area contributed by atoms with Crippen molar-refractivity contribution in [3.63, 3.8) is 0 Å². The molecule has 0 bridgehead atoms. The number of rotatable bonds is 5. The third-order valence-corrected chi connectivity index (χ3v) is 6.68. The normalized spacial score (nSPS) is 23.3. The second-order valence-corrected chi connectivity index (χ2v) is 8.53. The molecule has 3 heteroatoms.